The second kappa shape index (κ2) is 4.33. The van der Waals surface area contributed by atoms with Crippen LogP contribution in [0.3, 0.4) is 0 Å². The average molecular weight is 210 g/mol. The van der Waals surface area contributed by atoms with Crippen LogP contribution in [0.15, 0.2) is 18.2 Å². The van der Waals surface area contributed by atoms with Crippen LogP contribution in [-0.2, 0) is 13.0 Å². The number of halogens is 1. The van der Waals surface area contributed by atoms with E-state index in [0.717, 1.165) is 18.0 Å². The van der Waals surface area contributed by atoms with Gasteiger partial charge in [0.1, 0.15) is 0 Å². The van der Waals surface area contributed by atoms with Crippen LogP contribution in [0.1, 0.15) is 24.5 Å². The van der Waals surface area contributed by atoms with Crippen molar-refractivity contribution in [1.82, 2.24) is 4.90 Å². The highest BCUT2D eigenvalue weighted by molar-refractivity contribution is 6.31. The molecule has 1 aliphatic heterocycles. The minimum Gasteiger partial charge on any atom is -0.299 e. The summed E-state index contributed by atoms with van der Waals surface area (Å²) in [7, 11) is 0. The van der Waals surface area contributed by atoms with Crippen LogP contribution in [0.2, 0.25) is 5.02 Å². The lowest BCUT2D eigenvalue weighted by atomic mass is 10.0. The maximum absolute atomic E-state index is 6.16. The van der Waals surface area contributed by atoms with Crippen LogP contribution in [-0.4, -0.2) is 18.0 Å². The molecule has 1 aromatic carbocycles. The van der Waals surface area contributed by atoms with Crippen molar-refractivity contribution in [2.24, 2.45) is 0 Å². The van der Waals surface area contributed by atoms with Crippen molar-refractivity contribution in [3.8, 4) is 0 Å². The molecule has 0 unspecified atom stereocenters. The molecule has 14 heavy (non-hydrogen) atoms. The van der Waals surface area contributed by atoms with Gasteiger partial charge in [0, 0.05) is 11.6 Å². The fraction of sp³-hybridized carbons (Fsp3) is 0.500. The van der Waals surface area contributed by atoms with Gasteiger partial charge >= 0.3 is 0 Å². The fourth-order valence-corrected chi connectivity index (χ4v) is 2.26. The summed E-state index contributed by atoms with van der Waals surface area (Å²) in [6.45, 7) is 5.73. The zero-order valence-electron chi connectivity index (χ0n) is 8.59. The second-order valence-electron chi connectivity index (χ2n) is 3.86. The van der Waals surface area contributed by atoms with Gasteiger partial charge in [-0.15, -0.1) is 0 Å². The summed E-state index contributed by atoms with van der Waals surface area (Å²) in [6, 6.07) is 6.24. The topological polar surface area (TPSA) is 3.24 Å². The molecule has 0 bridgehead atoms. The van der Waals surface area contributed by atoms with Crippen molar-refractivity contribution in [2.75, 3.05) is 13.1 Å². The maximum Gasteiger partial charge on any atom is 0.0441 e. The monoisotopic (exact) mass is 209 g/mol. The molecule has 0 spiro atoms. The number of hydrogen-bond acceptors (Lipinski definition) is 1. The SMILES string of the molecule is CCc1c(Cl)cccc1CN1CCC1. The summed E-state index contributed by atoms with van der Waals surface area (Å²) < 4.78 is 0. The van der Waals surface area contributed by atoms with E-state index in [0.29, 0.717) is 0 Å². The summed E-state index contributed by atoms with van der Waals surface area (Å²) in [6.07, 6.45) is 2.38. The first kappa shape index (κ1) is 10.0. The van der Waals surface area contributed by atoms with E-state index in [1.165, 1.54) is 30.6 Å². The molecule has 76 valence electrons. The Morgan fingerprint density at radius 2 is 2.14 bits per heavy atom. The molecule has 0 aliphatic carbocycles. The third-order valence-electron chi connectivity index (χ3n) is 2.91. The first-order valence-corrected chi connectivity index (χ1v) is 5.67. The van der Waals surface area contributed by atoms with Crippen LogP contribution in [0, 0.1) is 0 Å². The van der Waals surface area contributed by atoms with Crippen LogP contribution in [0.25, 0.3) is 0 Å². The Kier molecular flexibility index (Phi) is 3.09. The summed E-state index contributed by atoms with van der Waals surface area (Å²) in [5, 5.41) is 0.922. The molecule has 0 amide bonds. The van der Waals surface area contributed by atoms with Gasteiger partial charge in [0.25, 0.3) is 0 Å². The molecule has 0 aromatic heterocycles. The number of hydrogen-bond donors (Lipinski definition) is 0. The second-order valence-corrected chi connectivity index (χ2v) is 4.27. The molecule has 0 radical (unpaired) electrons. The zero-order chi connectivity index (χ0) is 9.97. The molecule has 1 nitrogen and oxygen atoms in total. The fourth-order valence-electron chi connectivity index (χ4n) is 1.93. The van der Waals surface area contributed by atoms with E-state index in [9.17, 15) is 0 Å². The summed E-state index contributed by atoms with van der Waals surface area (Å²) >= 11 is 6.16. The largest absolute Gasteiger partial charge is 0.299 e. The van der Waals surface area contributed by atoms with Gasteiger partial charge in [-0.05, 0) is 43.1 Å². The highest BCUT2D eigenvalue weighted by Gasteiger charge is 2.15. The number of nitrogens with zero attached hydrogens (tertiary/aromatic N) is 1. The summed E-state index contributed by atoms with van der Waals surface area (Å²) in [5.74, 6) is 0. The van der Waals surface area contributed by atoms with Crippen molar-refractivity contribution in [2.45, 2.75) is 26.3 Å². The number of likely N-dealkylation sites (tertiary alicyclic amines) is 1. The van der Waals surface area contributed by atoms with E-state index in [4.69, 9.17) is 11.6 Å². The van der Waals surface area contributed by atoms with Crippen molar-refractivity contribution in [3.05, 3.63) is 34.3 Å². The van der Waals surface area contributed by atoms with Crippen molar-refractivity contribution in [3.63, 3.8) is 0 Å². The predicted molar refractivity (Wildman–Crippen MR) is 60.7 cm³/mol. The van der Waals surface area contributed by atoms with E-state index in [2.05, 4.69) is 24.0 Å². The van der Waals surface area contributed by atoms with Crippen LogP contribution in [0.4, 0.5) is 0 Å². The third-order valence-corrected chi connectivity index (χ3v) is 3.27. The molecule has 1 aliphatic rings. The minimum absolute atomic E-state index is 0.922. The lowest BCUT2D eigenvalue weighted by Crippen LogP contribution is -2.36. The Morgan fingerprint density at radius 3 is 2.71 bits per heavy atom. The van der Waals surface area contributed by atoms with E-state index >= 15 is 0 Å². The van der Waals surface area contributed by atoms with Crippen molar-refractivity contribution in [1.29, 1.82) is 0 Å². The molecule has 2 rings (SSSR count). The normalized spacial score (nSPS) is 16.7. The van der Waals surface area contributed by atoms with E-state index in [1.807, 2.05) is 6.07 Å². The van der Waals surface area contributed by atoms with Gasteiger partial charge in [-0.3, -0.25) is 4.90 Å². The molecule has 1 heterocycles. The smallest absolute Gasteiger partial charge is 0.0441 e. The Hall–Kier alpha value is -0.530. The molecule has 1 fully saturated rings. The number of rotatable bonds is 3. The van der Waals surface area contributed by atoms with E-state index in [-0.39, 0.29) is 0 Å². The molecule has 0 atom stereocenters. The molecule has 0 saturated carbocycles. The predicted octanol–water partition coefficient (Wildman–Crippen LogP) is 3.11. The number of benzene rings is 1. The average Bonchev–Trinajstić information content (AvgIpc) is 2.11. The van der Waals surface area contributed by atoms with Crippen LogP contribution in [0.5, 0.6) is 0 Å². The highest BCUT2D eigenvalue weighted by Crippen LogP contribution is 2.23. The van der Waals surface area contributed by atoms with Gasteiger partial charge in [-0.2, -0.15) is 0 Å². The first-order chi connectivity index (χ1) is 6.81. The van der Waals surface area contributed by atoms with E-state index in [1.54, 1.807) is 0 Å². The Bertz CT molecular complexity index is 318. The molecule has 1 aromatic rings. The maximum atomic E-state index is 6.16. The van der Waals surface area contributed by atoms with Gasteiger partial charge in [0.2, 0.25) is 0 Å². The van der Waals surface area contributed by atoms with Crippen molar-refractivity contribution >= 4 is 11.6 Å². The molecule has 1 saturated heterocycles. The Balaban J connectivity index is 2.17. The Morgan fingerprint density at radius 1 is 1.36 bits per heavy atom. The lowest BCUT2D eigenvalue weighted by molar-refractivity contribution is 0.172. The molecule has 0 N–H and O–H groups in total. The quantitative estimate of drug-likeness (QED) is 0.740. The highest BCUT2D eigenvalue weighted by atomic mass is 35.5. The van der Waals surface area contributed by atoms with Crippen molar-refractivity contribution < 1.29 is 0 Å². The molecular weight excluding hydrogens is 194 g/mol. The summed E-state index contributed by atoms with van der Waals surface area (Å²) in [5.41, 5.74) is 2.72. The molecule has 2 heteroatoms. The standard InChI is InChI=1S/C12H16ClN/c1-2-11-10(5-3-6-12(11)13)9-14-7-4-8-14/h3,5-6H,2,4,7-9H2,1H3. The third kappa shape index (κ3) is 1.94. The van der Waals surface area contributed by atoms with E-state index < -0.39 is 0 Å². The Labute approximate surface area is 90.7 Å². The van der Waals surface area contributed by atoms with Gasteiger partial charge in [-0.1, -0.05) is 30.7 Å². The minimum atomic E-state index is 0.922. The summed E-state index contributed by atoms with van der Waals surface area (Å²) in [4.78, 5) is 2.46. The zero-order valence-corrected chi connectivity index (χ0v) is 9.35. The molecular formula is C12H16ClN. The van der Waals surface area contributed by atoms with Gasteiger partial charge < -0.3 is 0 Å². The lowest BCUT2D eigenvalue weighted by Gasteiger charge is -2.31. The van der Waals surface area contributed by atoms with Gasteiger partial charge in [0.15, 0.2) is 0 Å². The van der Waals surface area contributed by atoms with Gasteiger partial charge in [-0.25, -0.2) is 0 Å². The first-order valence-electron chi connectivity index (χ1n) is 5.30. The van der Waals surface area contributed by atoms with Crippen LogP contribution >= 0.6 is 11.6 Å². The van der Waals surface area contributed by atoms with Gasteiger partial charge in [0.05, 0.1) is 0 Å². The van der Waals surface area contributed by atoms with Crippen LogP contribution < -0.4 is 0 Å².